The van der Waals surface area contributed by atoms with E-state index < -0.39 is 10.0 Å². The first-order valence-electron chi connectivity index (χ1n) is 9.67. The second-order valence-corrected chi connectivity index (χ2v) is 8.53. The standard InChI is InChI=1S/C23H23N3O4S/c1-17(27)25-19-11-13-20(14-12-19)31(29,30)26-22-10-6-5-9-21(22)23(28)24-16-15-18-7-3-2-4-8-18/h2-14,26H,15-16H2,1H3,(H,24,28)(H,25,27). The van der Waals surface area contributed by atoms with Gasteiger partial charge in [0.1, 0.15) is 0 Å². The van der Waals surface area contributed by atoms with Gasteiger partial charge in [-0.3, -0.25) is 14.3 Å². The van der Waals surface area contributed by atoms with Gasteiger partial charge in [0.2, 0.25) is 5.91 Å². The van der Waals surface area contributed by atoms with E-state index in [1.807, 2.05) is 30.3 Å². The molecule has 0 aliphatic rings. The largest absolute Gasteiger partial charge is 0.352 e. The van der Waals surface area contributed by atoms with Crippen LogP contribution >= 0.6 is 0 Å². The maximum atomic E-state index is 12.8. The monoisotopic (exact) mass is 437 g/mol. The van der Waals surface area contributed by atoms with Gasteiger partial charge in [0.15, 0.2) is 0 Å². The van der Waals surface area contributed by atoms with Crippen molar-refractivity contribution >= 4 is 33.2 Å². The number of sulfonamides is 1. The van der Waals surface area contributed by atoms with Crippen LogP contribution in [-0.4, -0.2) is 26.8 Å². The number of hydrogen-bond acceptors (Lipinski definition) is 4. The summed E-state index contributed by atoms with van der Waals surface area (Å²) >= 11 is 0. The normalized spacial score (nSPS) is 10.9. The van der Waals surface area contributed by atoms with Gasteiger partial charge in [-0.25, -0.2) is 8.42 Å². The fourth-order valence-corrected chi connectivity index (χ4v) is 4.03. The van der Waals surface area contributed by atoms with Crippen LogP contribution in [0.3, 0.4) is 0 Å². The molecule has 0 bridgehead atoms. The fraction of sp³-hybridized carbons (Fsp3) is 0.130. The summed E-state index contributed by atoms with van der Waals surface area (Å²) in [6.45, 7) is 1.79. The summed E-state index contributed by atoms with van der Waals surface area (Å²) in [5, 5.41) is 5.41. The number of para-hydroxylation sites is 1. The maximum absolute atomic E-state index is 12.8. The molecule has 0 unspecified atom stereocenters. The van der Waals surface area contributed by atoms with Crippen molar-refractivity contribution < 1.29 is 18.0 Å². The van der Waals surface area contributed by atoms with E-state index in [2.05, 4.69) is 15.4 Å². The predicted octanol–water partition coefficient (Wildman–Crippen LogP) is 3.42. The van der Waals surface area contributed by atoms with Gasteiger partial charge in [0, 0.05) is 19.2 Å². The Morgan fingerprint density at radius 2 is 1.48 bits per heavy atom. The number of nitrogens with one attached hydrogen (secondary N) is 3. The van der Waals surface area contributed by atoms with Gasteiger partial charge in [-0.1, -0.05) is 42.5 Å². The second kappa shape index (κ2) is 9.90. The first kappa shape index (κ1) is 22.0. The SMILES string of the molecule is CC(=O)Nc1ccc(S(=O)(=O)Nc2ccccc2C(=O)NCCc2ccccc2)cc1. The summed E-state index contributed by atoms with van der Waals surface area (Å²) < 4.78 is 28.0. The average molecular weight is 438 g/mol. The lowest BCUT2D eigenvalue weighted by molar-refractivity contribution is -0.114. The third-order valence-corrected chi connectivity index (χ3v) is 5.82. The van der Waals surface area contributed by atoms with Crippen LogP contribution < -0.4 is 15.4 Å². The number of carbonyl (C=O) groups is 2. The van der Waals surface area contributed by atoms with Crippen molar-refractivity contribution in [2.45, 2.75) is 18.2 Å². The third kappa shape index (κ3) is 6.16. The average Bonchev–Trinajstić information content (AvgIpc) is 2.74. The van der Waals surface area contributed by atoms with Crippen molar-refractivity contribution in [2.24, 2.45) is 0 Å². The van der Waals surface area contributed by atoms with Crippen molar-refractivity contribution in [1.29, 1.82) is 0 Å². The third-order valence-electron chi connectivity index (χ3n) is 4.44. The molecule has 3 rings (SSSR count). The molecule has 8 heteroatoms. The smallest absolute Gasteiger partial charge is 0.261 e. The van der Waals surface area contributed by atoms with Crippen LogP contribution in [0.15, 0.2) is 83.8 Å². The molecule has 31 heavy (non-hydrogen) atoms. The van der Waals surface area contributed by atoms with E-state index in [9.17, 15) is 18.0 Å². The van der Waals surface area contributed by atoms with Gasteiger partial charge in [0.05, 0.1) is 16.1 Å². The summed E-state index contributed by atoms with van der Waals surface area (Å²) in [5.41, 5.74) is 2.00. The van der Waals surface area contributed by atoms with Crippen molar-refractivity contribution in [2.75, 3.05) is 16.6 Å². The lowest BCUT2D eigenvalue weighted by Gasteiger charge is -2.13. The van der Waals surface area contributed by atoms with Gasteiger partial charge in [-0.05, 0) is 48.4 Å². The topological polar surface area (TPSA) is 104 Å². The minimum absolute atomic E-state index is 0.0147. The highest BCUT2D eigenvalue weighted by Gasteiger charge is 2.18. The molecule has 0 saturated carbocycles. The van der Waals surface area contributed by atoms with Gasteiger partial charge < -0.3 is 10.6 Å². The van der Waals surface area contributed by atoms with E-state index in [0.717, 1.165) is 5.56 Å². The Morgan fingerprint density at radius 1 is 0.839 bits per heavy atom. The number of anilines is 2. The van der Waals surface area contributed by atoms with E-state index in [0.29, 0.717) is 18.7 Å². The molecule has 3 aromatic rings. The fourth-order valence-electron chi connectivity index (χ4n) is 2.95. The molecule has 0 atom stereocenters. The predicted molar refractivity (Wildman–Crippen MR) is 120 cm³/mol. The number of carbonyl (C=O) groups excluding carboxylic acids is 2. The minimum Gasteiger partial charge on any atom is -0.352 e. The zero-order chi connectivity index (χ0) is 22.3. The quantitative estimate of drug-likeness (QED) is 0.502. The zero-order valence-electron chi connectivity index (χ0n) is 17.0. The molecule has 160 valence electrons. The summed E-state index contributed by atoms with van der Waals surface area (Å²) in [6, 6.07) is 21.9. The minimum atomic E-state index is -3.92. The van der Waals surface area contributed by atoms with Gasteiger partial charge in [-0.15, -0.1) is 0 Å². The molecule has 0 aliphatic heterocycles. The number of hydrogen-bond donors (Lipinski definition) is 3. The summed E-state index contributed by atoms with van der Waals surface area (Å²) in [4.78, 5) is 23.8. The van der Waals surface area contributed by atoms with Crippen LogP contribution in [-0.2, 0) is 21.2 Å². The first-order valence-corrected chi connectivity index (χ1v) is 11.1. The highest BCUT2D eigenvalue weighted by molar-refractivity contribution is 7.92. The Labute approximate surface area is 181 Å². The molecule has 0 radical (unpaired) electrons. The molecule has 0 aromatic heterocycles. The maximum Gasteiger partial charge on any atom is 0.261 e. The van der Waals surface area contributed by atoms with E-state index in [-0.39, 0.29) is 28.0 Å². The second-order valence-electron chi connectivity index (χ2n) is 6.85. The van der Waals surface area contributed by atoms with Gasteiger partial charge in [0.25, 0.3) is 15.9 Å². The summed E-state index contributed by atoms with van der Waals surface area (Å²) in [5.74, 6) is -0.615. The van der Waals surface area contributed by atoms with E-state index in [1.54, 1.807) is 18.2 Å². The Bertz CT molecular complexity index is 1160. The highest BCUT2D eigenvalue weighted by Crippen LogP contribution is 2.21. The molecule has 0 fully saturated rings. The molecule has 0 spiro atoms. The van der Waals surface area contributed by atoms with Crippen LogP contribution in [0.2, 0.25) is 0 Å². The van der Waals surface area contributed by atoms with Gasteiger partial charge in [-0.2, -0.15) is 0 Å². The van der Waals surface area contributed by atoms with E-state index in [1.165, 1.54) is 37.3 Å². The van der Waals surface area contributed by atoms with Gasteiger partial charge >= 0.3 is 0 Å². The molecule has 0 saturated heterocycles. The zero-order valence-corrected chi connectivity index (χ0v) is 17.8. The van der Waals surface area contributed by atoms with Crippen molar-refractivity contribution in [3.05, 3.63) is 90.0 Å². The van der Waals surface area contributed by atoms with E-state index in [4.69, 9.17) is 0 Å². The van der Waals surface area contributed by atoms with Crippen LogP contribution in [0.25, 0.3) is 0 Å². The molecule has 2 amide bonds. The van der Waals surface area contributed by atoms with Crippen molar-refractivity contribution in [1.82, 2.24) is 5.32 Å². The number of amides is 2. The van der Waals surface area contributed by atoms with Crippen LogP contribution in [0.4, 0.5) is 11.4 Å². The highest BCUT2D eigenvalue weighted by atomic mass is 32.2. The lowest BCUT2D eigenvalue weighted by atomic mass is 10.1. The van der Waals surface area contributed by atoms with Crippen LogP contribution in [0.1, 0.15) is 22.8 Å². The molecular weight excluding hydrogens is 414 g/mol. The first-order chi connectivity index (χ1) is 14.8. The van der Waals surface area contributed by atoms with Crippen molar-refractivity contribution in [3.8, 4) is 0 Å². The van der Waals surface area contributed by atoms with Crippen LogP contribution in [0, 0.1) is 0 Å². The lowest BCUT2D eigenvalue weighted by Crippen LogP contribution is -2.27. The molecule has 3 N–H and O–H groups in total. The number of rotatable bonds is 8. The Kier molecular flexibility index (Phi) is 7.04. The Hall–Kier alpha value is -3.65. The molecule has 7 nitrogen and oxygen atoms in total. The van der Waals surface area contributed by atoms with Crippen molar-refractivity contribution in [3.63, 3.8) is 0 Å². The molecule has 0 aliphatic carbocycles. The Morgan fingerprint density at radius 3 is 2.16 bits per heavy atom. The van der Waals surface area contributed by atoms with E-state index >= 15 is 0 Å². The molecule has 3 aromatic carbocycles. The summed E-state index contributed by atoms with van der Waals surface area (Å²) in [6.07, 6.45) is 0.668. The number of benzene rings is 3. The molecular formula is C23H23N3O4S. The Balaban J connectivity index is 1.70. The summed E-state index contributed by atoms with van der Waals surface area (Å²) in [7, 11) is -3.92. The molecule has 0 heterocycles. The van der Waals surface area contributed by atoms with Crippen LogP contribution in [0.5, 0.6) is 0 Å².